The first-order valence-electron chi connectivity index (χ1n) is 11.5. The van der Waals surface area contributed by atoms with E-state index in [9.17, 15) is 14.7 Å². The summed E-state index contributed by atoms with van der Waals surface area (Å²) in [5.74, 6) is 1.67. The quantitative estimate of drug-likeness (QED) is 0.326. The Morgan fingerprint density at radius 3 is 2.41 bits per heavy atom. The summed E-state index contributed by atoms with van der Waals surface area (Å²) < 4.78 is 16.6. The molecule has 8 heteroatoms. The smallest absolute Gasteiger partial charge is 0.410 e. The van der Waals surface area contributed by atoms with Crippen LogP contribution < -0.4 is 4.74 Å². The van der Waals surface area contributed by atoms with Crippen molar-refractivity contribution in [3.8, 4) is 5.75 Å². The molecule has 1 amide bonds. The number of rotatable bonds is 17. The van der Waals surface area contributed by atoms with Gasteiger partial charge in [0.25, 0.3) is 0 Å². The molecule has 1 N–H and O–H groups in total. The van der Waals surface area contributed by atoms with E-state index < -0.39 is 12.1 Å². The normalized spacial score (nSPS) is 12.8. The molecular formula is C24H39NO6S. The Labute approximate surface area is 196 Å². The van der Waals surface area contributed by atoms with E-state index in [4.69, 9.17) is 14.2 Å². The van der Waals surface area contributed by atoms with Gasteiger partial charge in [0, 0.05) is 25.3 Å². The lowest BCUT2D eigenvalue weighted by molar-refractivity contribution is -0.149. The topological polar surface area (TPSA) is 85.3 Å². The summed E-state index contributed by atoms with van der Waals surface area (Å²) in [4.78, 5) is 25.5. The number of aliphatic carboxylic acids is 1. The number of carbonyl (C=O) groups excluding carboxylic acids is 1. The van der Waals surface area contributed by atoms with Crippen LogP contribution >= 0.6 is 11.8 Å². The minimum atomic E-state index is -0.968. The summed E-state index contributed by atoms with van der Waals surface area (Å²) in [6.07, 6.45) is 2.16. The molecule has 2 atom stereocenters. The monoisotopic (exact) mass is 469 g/mol. The number of amides is 1. The molecule has 0 spiro atoms. The zero-order valence-corrected chi connectivity index (χ0v) is 20.7. The lowest BCUT2D eigenvalue weighted by Gasteiger charge is -2.24. The summed E-state index contributed by atoms with van der Waals surface area (Å²) in [5.41, 5.74) is 0.862. The Hall–Kier alpha value is -1.93. The van der Waals surface area contributed by atoms with Crippen molar-refractivity contribution in [2.45, 2.75) is 65.6 Å². The van der Waals surface area contributed by atoms with Gasteiger partial charge in [-0.3, -0.25) is 0 Å². The maximum absolute atomic E-state index is 12.5. The highest BCUT2D eigenvalue weighted by Gasteiger charge is 2.19. The number of thioether (sulfide) groups is 1. The van der Waals surface area contributed by atoms with Crippen molar-refractivity contribution >= 4 is 23.8 Å². The van der Waals surface area contributed by atoms with Gasteiger partial charge in [-0.2, -0.15) is 11.8 Å². The van der Waals surface area contributed by atoms with Gasteiger partial charge in [0.05, 0.1) is 6.54 Å². The molecule has 0 bridgehead atoms. The molecule has 0 aliphatic heterocycles. The highest BCUT2D eigenvalue weighted by molar-refractivity contribution is 7.99. The molecule has 7 nitrogen and oxygen atoms in total. The van der Waals surface area contributed by atoms with Gasteiger partial charge in [0.15, 0.2) is 6.10 Å². The first-order valence-corrected chi connectivity index (χ1v) is 12.7. The zero-order valence-electron chi connectivity index (χ0n) is 19.9. The number of carboxylic acid groups (broad SMARTS) is 1. The fraction of sp³-hybridized carbons (Fsp3) is 0.667. The number of nitrogens with zero attached hydrogens (tertiary/aromatic N) is 1. The van der Waals surface area contributed by atoms with E-state index in [2.05, 4.69) is 6.92 Å². The molecule has 0 fully saturated rings. The second kappa shape index (κ2) is 16.7. The van der Waals surface area contributed by atoms with E-state index in [-0.39, 0.29) is 12.2 Å². The van der Waals surface area contributed by atoms with Crippen LogP contribution in [0.3, 0.4) is 0 Å². The molecule has 0 heterocycles. The Bertz CT molecular complexity index is 654. The Morgan fingerprint density at radius 1 is 1.09 bits per heavy atom. The highest BCUT2D eigenvalue weighted by Crippen LogP contribution is 2.15. The second-order valence-corrected chi connectivity index (χ2v) is 8.76. The molecule has 182 valence electrons. The molecule has 2 unspecified atom stereocenters. The zero-order chi connectivity index (χ0) is 23.8. The SMILES string of the molecule is CCCCSCCN(CCOc1ccc(CC(OCC)C(=O)O)cc1)C(=O)OC(C)CC. The maximum Gasteiger partial charge on any atom is 0.410 e. The number of hydrogen-bond acceptors (Lipinski definition) is 6. The van der Waals surface area contributed by atoms with Crippen LogP contribution in [0.5, 0.6) is 5.75 Å². The molecule has 1 aromatic carbocycles. The van der Waals surface area contributed by atoms with Crippen LogP contribution in [0.1, 0.15) is 52.5 Å². The van der Waals surface area contributed by atoms with Crippen LogP contribution in [-0.2, 0) is 20.7 Å². The highest BCUT2D eigenvalue weighted by atomic mass is 32.2. The lowest BCUT2D eigenvalue weighted by atomic mass is 10.1. The van der Waals surface area contributed by atoms with Crippen molar-refractivity contribution in [3.63, 3.8) is 0 Å². The predicted molar refractivity (Wildman–Crippen MR) is 129 cm³/mol. The summed E-state index contributed by atoms with van der Waals surface area (Å²) in [7, 11) is 0. The third-order valence-electron chi connectivity index (χ3n) is 4.90. The van der Waals surface area contributed by atoms with Gasteiger partial charge in [-0.25, -0.2) is 9.59 Å². The van der Waals surface area contributed by atoms with Crippen molar-refractivity contribution in [2.75, 3.05) is 37.8 Å². The van der Waals surface area contributed by atoms with E-state index in [1.54, 1.807) is 11.8 Å². The molecule has 0 saturated heterocycles. The minimum absolute atomic E-state index is 0.113. The van der Waals surface area contributed by atoms with Gasteiger partial charge in [-0.15, -0.1) is 0 Å². The van der Waals surface area contributed by atoms with Crippen LogP contribution in [0.4, 0.5) is 4.79 Å². The molecule has 0 saturated carbocycles. The third-order valence-corrected chi connectivity index (χ3v) is 5.95. The van der Waals surface area contributed by atoms with E-state index in [1.807, 2.05) is 49.9 Å². The minimum Gasteiger partial charge on any atom is -0.492 e. The molecule has 0 radical (unpaired) electrons. The summed E-state index contributed by atoms with van der Waals surface area (Å²) in [6, 6.07) is 7.29. The summed E-state index contributed by atoms with van der Waals surface area (Å²) in [6.45, 7) is 9.60. The predicted octanol–water partition coefficient (Wildman–Crippen LogP) is 4.87. The van der Waals surface area contributed by atoms with Gasteiger partial charge in [0.2, 0.25) is 0 Å². The molecule has 1 aromatic rings. The van der Waals surface area contributed by atoms with E-state index in [0.29, 0.717) is 38.5 Å². The van der Waals surface area contributed by atoms with Gasteiger partial charge < -0.3 is 24.2 Å². The number of carbonyl (C=O) groups is 2. The van der Waals surface area contributed by atoms with Gasteiger partial charge in [-0.1, -0.05) is 32.4 Å². The van der Waals surface area contributed by atoms with Crippen LogP contribution in [0.2, 0.25) is 0 Å². The number of benzene rings is 1. The number of carboxylic acids is 1. The van der Waals surface area contributed by atoms with Crippen molar-refractivity contribution in [2.24, 2.45) is 0 Å². The number of ether oxygens (including phenoxy) is 3. The molecule has 0 aliphatic carbocycles. The fourth-order valence-corrected chi connectivity index (χ4v) is 3.82. The first kappa shape index (κ1) is 28.1. The second-order valence-electron chi connectivity index (χ2n) is 7.53. The molecule has 1 rings (SSSR count). The van der Waals surface area contributed by atoms with E-state index in [1.165, 1.54) is 12.8 Å². The van der Waals surface area contributed by atoms with E-state index >= 15 is 0 Å². The standard InChI is InChI=1S/C24H39NO6S/c1-5-8-16-32-17-14-25(24(28)31-19(4)6-2)13-15-30-21-11-9-20(10-12-21)18-22(23(26)27)29-7-3/h9-12,19,22H,5-8,13-18H2,1-4H3,(H,26,27). The van der Waals surface area contributed by atoms with Gasteiger partial charge in [0.1, 0.15) is 18.5 Å². The number of hydrogen-bond donors (Lipinski definition) is 1. The Kier molecular flexibility index (Phi) is 14.6. The molecule has 32 heavy (non-hydrogen) atoms. The fourth-order valence-electron chi connectivity index (χ4n) is 2.78. The van der Waals surface area contributed by atoms with Crippen LogP contribution in [0, 0.1) is 0 Å². The first-order chi connectivity index (χ1) is 15.4. The molecule has 0 aromatic heterocycles. The van der Waals surface area contributed by atoms with E-state index in [0.717, 1.165) is 23.5 Å². The summed E-state index contributed by atoms with van der Waals surface area (Å²) >= 11 is 1.85. The van der Waals surface area contributed by atoms with Crippen molar-refractivity contribution < 1.29 is 28.9 Å². The largest absolute Gasteiger partial charge is 0.492 e. The lowest BCUT2D eigenvalue weighted by Crippen LogP contribution is -2.38. The van der Waals surface area contributed by atoms with Gasteiger partial charge >= 0.3 is 12.1 Å². The van der Waals surface area contributed by atoms with Crippen LogP contribution in [-0.4, -0.2) is 72.1 Å². The van der Waals surface area contributed by atoms with Crippen molar-refractivity contribution in [1.29, 1.82) is 0 Å². The Balaban J connectivity index is 2.55. The average Bonchev–Trinajstić information content (AvgIpc) is 2.78. The van der Waals surface area contributed by atoms with Crippen LogP contribution in [0.15, 0.2) is 24.3 Å². The Morgan fingerprint density at radius 2 is 1.81 bits per heavy atom. The molecule has 0 aliphatic rings. The van der Waals surface area contributed by atoms with Crippen molar-refractivity contribution in [3.05, 3.63) is 29.8 Å². The summed E-state index contributed by atoms with van der Waals surface area (Å²) in [5, 5.41) is 9.21. The maximum atomic E-state index is 12.5. The van der Waals surface area contributed by atoms with Gasteiger partial charge in [-0.05, 0) is 50.1 Å². The van der Waals surface area contributed by atoms with Crippen LogP contribution in [0.25, 0.3) is 0 Å². The molecular weight excluding hydrogens is 430 g/mol. The third kappa shape index (κ3) is 11.6. The number of unbranched alkanes of at least 4 members (excludes halogenated alkanes) is 1. The average molecular weight is 470 g/mol. The van der Waals surface area contributed by atoms with Crippen molar-refractivity contribution in [1.82, 2.24) is 4.90 Å².